The molecule has 0 spiro atoms. The predicted octanol–water partition coefficient (Wildman–Crippen LogP) is 1.50. The van der Waals surface area contributed by atoms with Crippen molar-refractivity contribution < 1.29 is 9.53 Å². The summed E-state index contributed by atoms with van der Waals surface area (Å²) in [5.74, 6) is -0.377. The third-order valence-corrected chi connectivity index (χ3v) is 1.96. The first-order chi connectivity index (χ1) is 7.17. The molecule has 3 N–H and O–H groups in total. The summed E-state index contributed by atoms with van der Waals surface area (Å²) in [6.45, 7) is 0. The molecule has 0 amide bonds. The smallest absolute Gasteiger partial charge is 0.330 e. The molecular weight excluding hydrogens is 192 g/mol. The van der Waals surface area contributed by atoms with Gasteiger partial charge in [-0.2, -0.15) is 0 Å². The number of nitrogens with two attached hydrogens (primary N) is 1. The molecule has 0 bridgehead atoms. The molecule has 0 aliphatic heterocycles. The zero-order valence-corrected chi connectivity index (χ0v) is 8.78. The molecule has 0 heterocycles. The molecular formula is C11H14N2O2. The monoisotopic (exact) mass is 206 g/mol. The number of benzene rings is 1. The fourth-order valence-corrected chi connectivity index (χ4v) is 1.13. The Kier molecular flexibility index (Phi) is 3.74. The van der Waals surface area contributed by atoms with Crippen molar-refractivity contribution in [2.24, 2.45) is 0 Å². The Hall–Kier alpha value is -1.97. The lowest BCUT2D eigenvalue weighted by Gasteiger charge is -2.05. The third-order valence-electron chi connectivity index (χ3n) is 1.96. The number of carbonyl (C=O) groups excluding carboxylic acids is 1. The van der Waals surface area contributed by atoms with E-state index in [0.717, 1.165) is 11.3 Å². The summed E-state index contributed by atoms with van der Waals surface area (Å²) in [6.07, 6.45) is 3.04. The van der Waals surface area contributed by atoms with E-state index in [-0.39, 0.29) is 5.97 Å². The number of carbonyl (C=O) groups is 1. The number of anilines is 2. The highest BCUT2D eigenvalue weighted by Gasteiger charge is 1.97. The topological polar surface area (TPSA) is 64.3 Å². The quantitative estimate of drug-likeness (QED) is 0.447. The minimum absolute atomic E-state index is 0.377. The molecule has 4 nitrogen and oxygen atoms in total. The van der Waals surface area contributed by atoms with Gasteiger partial charge in [0.2, 0.25) is 0 Å². The van der Waals surface area contributed by atoms with Crippen LogP contribution in [0.15, 0.2) is 24.3 Å². The minimum atomic E-state index is -0.377. The Balaban J connectivity index is 2.87. The van der Waals surface area contributed by atoms with Gasteiger partial charge in [0.05, 0.1) is 18.5 Å². The zero-order chi connectivity index (χ0) is 11.3. The molecule has 0 aliphatic rings. The second kappa shape index (κ2) is 5.05. The molecule has 0 aromatic heterocycles. The number of esters is 1. The standard InChI is InChI=1S/C11H14N2O2/c1-13-10-7-8(3-5-9(10)12)4-6-11(14)15-2/h3-7,13H,12H2,1-2H3/b6-4+. The van der Waals surface area contributed by atoms with Gasteiger partial charge in [0, 0.05) is 13.1 Å². The summed E-state index contributed by atoms with van der Waals surface area (Å²) in [5.41, 5.74) is 8.10. The second-order valence-electron chi connectivity index (χ2n) is 2.95. The van der Waals surface area contributed by atoms with Gasteiger partial charge in [-0.25, -0.2) is 4.79 Å². The van der Waals surface area contributed by atoms with E-state index in [2.05, 4.69) is 10.1 Å². The molecule has 0 saturated carbocycles. The Bertz CT molecular complexity index is 386. The van der Waals surface area contributed by atoms with Crippen LogP contribution in [-0.2, 0) is 9.53 Å². The Morgan fingerprint density at radius 1 is 1.53 bits per heavy atom. The lowest BCUT2D eigenvalue weighted by atomic mass is 10.1. The van der Waals surface area contributed by atoms with Crippen LogP contribution in [-0.4, -0.2) is 20.1 Å². The van der Waals surface area contributed by atoms with Gasteiger partial charge in [-0.15, -0.1) is 0 Å². The Labute approximate surface area is 88.7 Å². The van der Waals surface area contributed by atoms with Gasteiger partial charge in [0.15, 0.2) is 0 Å². The highest BCUT2D eigenvalue weighted by Crippen LogP contribution is 2.19. The SMILES string of the molecule is CNc1cc(/C=C/C(=O)OC)ccc1N. The normalized spacial score (nSPS) is 10.3. The lowest BCUT2D eigenvalue weighted by Crippen LogP contribution is -1.96. The summed E-state index contributed by atoms with van der Waals surface area (Å²) in [4.78, 5) is 10.9. The maximum Gasteiger partial charge on any atom is 0.330 e. The van der Waals surface area contributed by atoms with Crippen molar-refractivity contribution in [2.75, 3.05) is 25.2 Å². The number of rotatable bonds is 3. The average Bonchev–Trinajstić information content (AvgIpc) is 2.27. The third kappa shape index (κ3) is 3.02. The van der Waals surface area contributed by atoms with E-state index in [1.807, 2.05) is 12.1 Å². The molecule has 1 aromatic rings. The number of hydrogen-bond acceptors (Lipinski definition) is 4. The first-order valence-corrected chi connectivity index (χ1v) is 4.50. The van der Waals surface area contributed by atoms with Crippen molar-refractivity contribution in [3.8, 4) is 0 Å². The number of hydrogen-bond donors (Lipinski definition) is 2. The van der Waals surface area contributed by atoms with E-state index < -0.39 is 0 Å². The lowest BCUT2D eigenvalue weighted by molar-refractivity contribution is -0.134. The fourth-order valence-electron chi connectivity index (χ4n) is 1.13. The number of methoxy groups -OCH3 is 1. The summed E-state index contributed by atoms with van der Waals surface area (Å²) < 4.78 is 4.49. The molecule has 0 atom stereocenters. The molecule has 0 unspecified atom stereocenters. The van der Waals surface area contributed by atoms with Crippen molar-refractivity contribution in [3.63, 3.8) is 0 Å². The maximum atomic E-state index is 10.9. The van der Waals surface area contributed by atoms with Crippen LogP contribution < -0.4 is 11.1 Å². The molecule has 1 aromatic carbocycles. The predicted molar refractivity (Wildman–Crippen MR) is 61.5 cm³/mol. The van der Waals surface area contributed by atoms with Crippen molar-refractivity contribution in [1.29, 1.82) is 0 Å². The molecule has 0 radical (unpaired) electrons. The molecule has 80 valence electrons. The van der Waals surface area contributed by atoms with Crippen LogP contribution in [0, 0.1) is 0 Å². The van der Waals surface area contributed by atoms with Gasteiger partial charge in [-0.1, -0.05) is 6.07 Å². The van der Waals surface area contributed by atoms with E-state index in [9.17, 15) is 4.79 Å². The van der Waals surface area contributed by atoms with Crippen LogP contribution >= 0.6 is 0 Å². The van der Waals surface area contributed by atoms with Crippen molar-refractivity contribution in [3.05, 3.63) is 29.8 Å². The van der Waals surface area contributed by atoms with Crippen LogP contribution in [0.25, 0.3) is 6.08 Å². The van der Waals surface area contributed by atoms with Crippen LogP contribution in [0.3, 0.4) is 0 Å². The molecule has 1 rings (SSSR count). The van der Waals surface area contributed by atoms with Crippen molar-refractivity contribution in [2.45, 2.75) is 0 Å². The first kappa shape index (κ1) is 11.1. The Morgan fingerprint density at radius 3 is 2.87 bits per heavy atom. The van der Waals surface area contributed by atoms with Crippen molar-refractivity contribution in [1.82, 2.24) is 0 Å². The van der Waals surface area contributed by atoms with Gasteiger partial charge in [-0.05, 0) is 23.8 Å². The minimum Gasteiger partial charge on any atom is -0.466 e. The van der Waals surface area contributed by atoms with E-state index in [0.29, 0.717) is 5.69 Å². The Morgan fingerprint density at radius 2 is 2.27 bits per heavy atom. The number of nitrogens with one attached hydrogen (secondary N) is 1. The number of nitrogen functional groups attached to an aromatic ring is 1. The van der Waals surface area contributed by atoms with Gasteiger partial charge in [0.25, 0.3) is 0 Å². The van der Waals surface area contributed by atoms with E-state index in [4.69, 9.17) is 5.73 Å². The zero-order valence-electron chi connectivity index (χ0n) is 8.78. The van der Waals surface area contributed by atoms with Gasteiger partial charge < -0.3 is 15.8 Å². The summed E-state index contributed by atoms with van der Waals surface area (Å²) in [7, 11) is 3.13. The van der Waals surface area contributed by atoms with E-state index in [1.165, 1.54) is 13.2 Å². The second-order valence-corrected chi connectivity index (χ2v) is 2.95. The molecule has 0 fully saturated rings. The van der Waals surface area contributed by atoms with Crippen LogP contribution in [0.5, 0.6) is 0 Å². The van der Waals surface area contributed by atoms with Gasteiger partial charge >= 0.3 is 5.97 Å². The van der Waals surface area contributed by atoms with Gasteiger partial charge in [-0.3, -0.25) is 0 Å². The number of ether oxygens (including phenoxy) is 1. The summed E-state index contributed by atoms with van der Waals surface area (Å²) >= 11 is 0. The van der Waals surface area contributed by atoms with Crippen molar-refractivity contribution >= 4 is 23.4 Å². The van der Waals surface area contributed by atoms with E-state index >= 15 is 0 Å². The summed E-state index contributed by atoms with van der Waals surface area (Å²) in [6, 6.07) is 5.47. The van der Waals surface area contributed by atoms with E-state index in [1.54, 1.807) is 19.2 Å². The highest BCUT2D eigenvalue weighted by molar-refractivity contribution is 5.87. The first-order valence-electron chi connectivity index (χ1n) is 4.50. The van der Waals surface area contributed by atoms with Gasteiger partial charge in [0.1, 0.15) is 0 Å². The average molecular weight is 206 g/mol. The molecule has 4 heteroatoms. The maximum absolute atomic E-state index is 10.9. The fraction of sp³-hybridized carbons (Fsp3) is 0.182. The largest absolute Gasteiger partial charge is 0.466 e. The van der Waals surface area contributed by atoms with Crippen LogP contribution in [0.4, 0.5) is 11.4 Å². The molecule has 0 aliphatic carbocycles. The highest BCUT2D eigenvalue weighted by atomic mass is 16.5. The van der Waals surface area contributed by atoms with Crippen LogP contribution in [0.2, 0.25) is 0 Å². The summed E-state index contributed by atoms with van der Waals surface area (Å²) in [5, 5.41) is 2.96. The van der Waals surface area contributed by atoms with Crippen LogP contribution in [0.1, 0.15) is 5.56 Å². The molecule has 0 saturated heterocycles. The molecule has 15 heavy (non-hydrogen) atoms.